The van der Waals surface area contributed by atoms with Gasteiger partial charge in [-0.1, -0.05) is 29.8 Å². The Hall–Kier alpha value is -2.92. The minimum absolute atomic E-state index is 0.0101. The van der Waals surface area contributed by atoms with Crippen molar-refractivity contribution in [3.05, 3.63) is 58.5 Å². The van der Waals surface area contributed by atoms with Crippen molar-refractivity contribution in [2.24, 2.45) is 0 Å². The van der Waals surface area contributed by atoms with Gasteiger partial charge in [0.15, 0.2) is 11.5 Å². The summed E-state index contributed by atoms with van der Waals surface area (Å²) in [6.45, 7) is -1.35. The average Bonchev–Trinajstić information content (AvgIpc) is 2.60. The lowest BCUT2D eigenvalue weighted by Gasteiger charge is -2.12. The molecule has 0 aliphatic carbocycles. The number of benzene rings is 2. The Morgan fingerprint density at radius 1 is 1.19 bits per heavy atom. The smallest absolute Gasteiger partial charge is 0.387 e. The van der Waals surface area contributed by atoms with Gasteiger partial charge in [0, 0.05) is 5.56 Å². The molecule has 0 aliphatic heterocycles. The van der Waals surface area contributed by atoms with Crippen molar-refractivity contribution in [2.75, 3.05) is 7.11 Å². The van der Waals surface area contributed by atoms with Gasteiger partial charge in [-0.2, -0.15) is 14.0 Å². The maximum absolute atomic E-state index is 12.7. The van der Waals surface area contributed by atoms with E-state index >= 15 is 0 Å². The Labute approximate surface area is 150 Å². The second-order valence-corrected chi connectivity index (χ2v) is 7.11. The van der Waals surface area contributed by atoms with Crippen LogP contribution >= 0.6 is 0 Å². The molecule has 136 valence electrons. The average molecular weight is 379 g/mol. The number of allylic oxidation sites excluding steroid dienone is 1. The molecule has 2 aromatic carbocycles. The predicted molar refractivity (Wildman–Crippen MR) is 91.6 cm³/mol. The highest BCUT2D eigenvalue weighted by Crippen LogP contribution is 2.35. The predicted octanol–water partition coefficient (Wildman–Crippen LogP) is 3.94. The van der Waals surface area contributed by atoms with E-state index in [-0.39, 0.29) is 22.0 Å². The van der Waals surface area contributed by atoms with Crippen LogP contribution in [0.25, 0.3) is 6.08 Å². The van der Waals surface area contributed by atoms with Crippen molar-refractivity contribution in [3.8, 4) is 17.6 Å². The summed E-state index contributed by atoms with van der Waals surface area (Å²) in [5.74, 6) is -0.360. The van der Waals surface area contributed by atoms with Gasteiger partial charge in [0.05, 0.1) is 12.0 Å². The summed E-state index contributed by atoms with van der Waals surface area (Å²) in [6.07, 6.45) is 0.982. The highest BCUT2D eigenvalue weighted by molar-refractivity contribution is 7.95. The number of hydrogen-bond acceptors (Lipinski definition) is 5. The standard InChI is InChI=1S/C18H15F2NO4S/c1-12-6-8-14(9-7-12)26(22,23)15(11-21)10-13-4-3-5-16(24-2)17(13)25-18(19)20/h3-10,18H,1-2H3/b15-10+. The van der Waals surface area contributed by atoms with Crippen molar-refractivity contribution in [1.29, 1.82) is 5.26 Å². The second-order valence-electron chi connectivity index (χ2n) is 5.19. The maximum atomic E-state index is 12.7. The molecule has 0 aliphatic rings. The molecule has 2 rings (SSSR count). The molecular weight excluding hydrogens is 364 g/mol. The Bertz CT molecular complexity index is 962. The molecule has 5 nitrogen and oxygen atoms in total. The normalized spacial score (nSPS) is 11.9. The van der Waals surface area contributed by atoms with Crippen LogP contribution < -0.4 is 9.47 Å². The number of sulfone groups is 1. The molecule has 8 heteroatoms. The highest BCUT2D eigenvalue weighted by atomic mass is 32.2. The van der Waals surface area contributed by atoms with Gasteiger partial charge in [0.25, 0.3) is 0 Å². The molecule has 0 fully saturated rings. The van der Waals surface area contributed by atoms with E-state index in [1.807, 2.05) is 0 Å². The zero-order valence-corrected chi connectivity index (χ0v) is 14.8. The SMILES string of the molecule is COc1cccc(/C=C(\C#N)S(=O)(=O)c2ccc(C)cc2)c1OC(F)F. The Balaban J connectivity index is 2.59. The largest absolute Gasteiger partial charge is 0.493 e. The monoisotopic (exact) mass is 379 g/mol. The fourth-order valence-electron chi connectivity index (χ4n) is 2.18. The molecule has 0 saturated carbocycles. The van der Waals surface area contributed by atoms with Crippen molar-refractivity contribution >= 4 is 15.9 Å². The van der Waals surface area contributed by atoms with E-state index in [1.165, 1.54) is 37.4 Å². The van der Waals surface area contributed by atoms with Crippen LogP contribution in [0.3, 0.4) is 0 Å². The van der Waals surface area contributed by atoms with Crippen molar-refractivity contribution < 1.29 is 26.7 Å². The first-order valence-corrected chi connectivity index (χ1v) is 8.83. The minimum atomic E-state index is -4.11. The molecule has 0 aromatic heterocycles. The van der Waals surface area contributed by atoms with E-state index in [9.17, 15) is 22.5 Å². The van der Waals surface area contributed by atoms with Gasteiger partial charge in [-0.05, 0) is 31.2 Å². The van der Waals surface area contributed by atoms with Gasteiger partial charge in [-0.25, -0.2) is 8.42 Å². The Kier molecular flexibility index (Phi) is 5.95. The third-order valence-electron chi connectivity index (χ3n) is 3.45. The zero-order valence-electron chi connectivity index (χ0n) is 13.9. The summed E-state index contributed by atoms with van der Waals surface area (Å²) in [5.41, 5.74) is 0.837. The van der Waals surface area contributed by atoms with Crippen molar-refractivity contribution in [3.63, 3.8) is 0 Å². The summed E-state index contributed by atoms with van der Waals surface area (Å²) in [5, 5.41) is 9.32. The number of methoxy groups -OCH3 is 1. The molecule has 0 unspecified atom stereocenters. The maximum Gasteiger partial charge on any atom is 0.387 e. The molecule has 0 N–H and O–H groups in total. The van der Waals surface area contributed by atoms with Gasteiger partial charge < -0.3 is 9.47 Å². The summed E-state index contributed by atoms with van der Waals surface area (Å²) in [7, 11) is -2.86. The van der Waals surface area contributed by atoms with Crippen LogP contribution in [-0.2, 0) is 9.84 Å². The third-order valence-corrected chi connectivity index (χ3v) is 5.13. The quantitative estimate of drug-likeness (QED) is 0.711. The number of hydrogen-bond donors (Lipinski definition) is 0. The summed E-state index contributed by atoms with van der Waals surface area (Å²) >= 11 is 0. The fraction of sp³-hybridized carbons (Fsp3) is 0.167. The van der Waals surface area contributed by atoms with E-state index < -0.39 is 21.4 Å². The molecule has 0 heterocycles. The van der Waals surface area contributed by atoms with Crippen LogP contribution in [0.4, 0.5) is 8.78 Å². The first kappa shape index (κ1) is 19.4. The van der Waals surface area contributed by atoms with Crippen LogP contribution in [0.2, 0.25) is 0 Å². The number of aryl methyl sites for hydroxylation is 1. The van der Waals surface area contributed by atoms with E-state index in [0.29, 0.717) is 0 Å². The first-order valence-electron chi connectivity index (χ1n) is 7.35. The molecule has 0 radical (unpaired) electrons. The number of nitrogens with zero attached hydrogens (tertiary/aromatic N) is 1. The summed E-state index contributed by atoms with van der Waals surface area (Å²) in [4.78, 5) is -0.677. The summed E-state index contributed by atoms with van der Waals surface area (Å²) < 4.78 is 60.1. The lowest BCUT2D eigenvalue weighted by Crippen LogP contribution is -2.06. The Morgan fingerprint density at radius 3 is 2.38 bits per heavy atom. The van der Waals surface area contributed by atoms with Crippen LogP contribution in [0.5, 0.6) is 11.5 Å². The number of rotatable bonds is 6. The number of halogens is 2. The third kappa shape index (κ3) is 4.18. The molecule has 0 amide bonds. The zero-order chi connectivity index (χ0) is 19.3. The number of para-hydroxylation sites is 1. The van der Waals surface area contributed by atoms with Crippen LogP contribution in [0.15, 0.2) is 52.3 Å². The molecule has 2 aromatic rings. The number of nitriles is 1. The first-order chi connectivity index (χ1) is 12.3. The minimum Gasteiger partial charge on any atom is -0.493 e. The van der Waals surface area contributed by atoms with E-state index in [1.54, 1.807) is 25.1 Å². The molecule has 0 spiro atoms. The second kappa shape index (κ2) is 7.97. The van der Waals surface area contributed by atoms with Gasteiger partial charge in [0.2, 0.25) is 9.84 Å². The molecule has 0 saturated heterocycles. The fourth-order valence-corrected chi connectivity index (χ4v) is 3.33. The highest BCUT2D eigenvalue weighted by Gasteiger charge is 2.22. The number of alkyl halides is 2. The lowest BCUT2D eigenvalue weighted by atomic mass is 10.1. The van der Waals surface area contributed by atoms with Crippen molar-refractivity contribution in [2.45, 2.75) is 18.4 Å². The van der Waals surface area contributed by atoms with Crippen molar-refractivity contribution in [1.82, 2.24) is 0 Å². The van der Waals surface area contributed by atoms with Gasteiger partial charge in [-0.15, -0.1) is 0 Å². The molecule has 26 heavy (non-hydrogen) atoms. The van der Waals surface area contributed by atoms with E-state index in [4.69, 9.17) is 4.74 Å². The van der Waals surface area contributed by atoms with Gasteiger partial charge in [0.1, 0.15) is 11.0 Å². The van der Waals surface area contributed by atoms with E-state index in [2.05, 4.69) is 4.74 Å². The molecule has 0 bridgehead atoms. The van der Waals surface area contributed by atoms with Crippen LogP contribution in [0.1, 0.15) is 11.1 Å². The van der Waals surface area contributed by atoms with Gasteiger partial charge in [-0.3, -0.25) is 0 Å². The summed E-state index contributed by atoms with van der Waals surface area (Å²) in [6, 6.07) is 11.8. The molecule has 0 atom stereocenters. The lowest BCUT2D eigenvalue weighted by molar-refractivity contribution is -0.0513. The topological polar surface area (TPSA) is 76.4 Å². The van der Waals surface area contributed by atoms with E-state index in [0.717, 1.165) is 11.6 Å². The van der Waals surface area contributed by atoms with Crippen LogP contribution in [0, 0.1) is 18.3 Å². The van der Waals surface area contributed by atoms with Crippen LogP contribution in [-0.4, -0.2) is 22.1 Å². The Morgan fingerprint density at radius 2 is 1.85 bits per heavy atom. The molecular formula is C18H15F2NO4S. The van der Waals surface area contributed by atoms with Gasteiger partial charge >= 0.3 is 6.61 Å². The number of ether oxygens (including phenoxy) is 2.